The first-order valence-corrected chi connectivity index (χ1v) is 6.49. The largest absolute Gasteiger partial charge is 0.481 e. The van der Waals surface area contributed by atoms with E-state index in [-0.39, 0.29) is 6.10 Å². The third-order valence-electron chi connectivity index (χ3n) is 3.78. The number of ether oxygens (including phenoxy) is 1. The summed E-state index contributed by atoms with van der Waals surface area (Å²) in [5.74, 6) is -0.640. The monoisotopic (exact) mass is 228 g/mol. The molecule has 2 unspecified atom stereocenters. The molecule has 1 saturated heterocycles. The average molecular weight is 228 g/mol. The zero-order valence-corrected chi connectivity index (χ0v) is 10.5. The smallest absolute Gasteiger partial charge is 0.309 e. The standard InChI is InChI=1S/C13H24O3/c1-3-5-8-13(4-2,12(14)15)10-11-7-6-9-16-11/h11H,3-10H2,1-2H3,(H,14,15). The summed E-state index contributed by atoms with van der Waals surface area (Å²) in [6.45, 7) is 4.89. The highest BCUT2D eigenvalue weighted by atomic mass is 16.5. The van der Waals surface area contributed by atoms with E-state index >= 15 is 0 Å². The Hall–Kier alpha value is -0.570. The summed E-state index contributed by atoms with van der Waals surface area (Å²) in [4.78, 5) is 11.5. The van der Waals surface area contributed by atoms with Crippen LogP contribution in [0.2, 0.25) is 0 Å². The van der Waals surface area contributed by atoms with Crippen molar-refractivity contribution in [2.75, 3.05) is 6.61 Å². The normalized spacial score (nSPS) is 24.2. The van der Waals surface area contributed by atoms with Crippen LogP contribution in [0.3, 0.4) is 0 Å². The van der Waals surface area contributed by atoms with Gasteiger partial charge in [-0.3, -0.25) is 4.79 Å². The lowest BCUT2D eigenvalue weighted by Crippen LogP contribution is -2.34. The van der Waals surface area contributed by atoms with E-state index in [0.717, 1.165) is 38.7 Å². The molecule has 1 heterocycles. The minimum Gasteiger partial charge on any atom is -0.481 e. The Kier molecular flexibility index (Phi) is 5.26. The third-order valence-corrected chi connectivity index (χ3v) is 3.78. The van der Waals surface area contributed by atoms with Crippen LogP contribution >= 0.6 is 0 Å². The molecule has 0 radical (unpaired) electrons. The van der Waals surface area contributed by atoms with Crippen LogP contribution in [0.4, 0.5) is 0 Å². The Balaban J connectivity index is 2.63. The van der Waals surface area contributed by atoms with E-state index in [1.165, 1.54) is 0 Å². The fraction of sp³-hybridized carbons (Fsp3) is 0.923. The zero-order chi connectivity index (χ0) is 12.0. The SMILES string of the molecule is CCCCC(CC)(CC1CCCO1)C(=O)O. The Labute approximate surface area is 98.2 Å². The molecule has 0 bridgehead atoms. The Morgan fingerprint density at radius 3 is 2.69 bits per heavy atom. The molecule has 1 rings (SSSR count). The highest BCUT2D eigenvalue weighted by Gasteiger charge is 2.39. The molecule has 2 atom stereocenters. The van der Waals surface area contributed by atoms with Gasteiger partial charge >= 0.3 is 5.97 Å². The molecule has 3 heteroatoms. The number of aliphatic carboxylic acids is 1. The van der Waals surface area contributed by atoms with Gasteiger partial charge in [-0.1, -0.05) is 26.7 Å². The lowest BCUT2D eigenvalue weighted by atomic mass is 9.75. The summed E-state index contributed by atoms with van der Waals surface area (Å²) in [5, 5.41) is 9.46. The number of unbranched alkanes of at least 4 members (excludes halogenated alkanes) is 1. The van der Waals surface area contributed by atoms with Crippen LogP contribution in [-0.4, -0.2) is 23.8 Å². The third kappa shape index (κ3) is 3.21. The highest BCUT2D eigenvalue weighted by molar-refractivity contribution is 5.74. The summed E-state index contributed by atoms with van der Waals surface area (Å²) >= 11 is 0. The average Bonchev–Trinajstić information content (AvgIpc) is 2.76. The summed E-state index contributed by atoms with van der Waals surface area (Å²) in [6, 6.07) is 0. The quantitative estimate of drug-likeness (QED) is 0.727. The number of hydrogen-bond acceptors (Lipinski definition) is 2. The second-order valence-corrected chi connectivity index (χ2v) is 4.88. The molecule has 3 nitrogen and oxygen atoms in total. The zero-order valence-electron chi connectivity index (χ0n) is 10.5. The van der Waals surface area contributed by atoms with Crippen LogP contribution in [0.15, 0.2) is 0 Å². The molecule has 0 amide bonds. The summed E-state index contributed by atoms with van der Waals surface area (Å²) in [5.41, 5.74) is -0.551. The molecule has 94 valence electrons. The molecule has 16 heavy (non-hydrogen) atoms. The minimum absolute atomic E-state index is 0.174. The highest BCUT2D eigenvalue weighted by Crippen LogP contribution is 2.37. The van der Waals surface area contributed by atoms with Gasteiger partial charge in [0.1, 0.15) is 0 Å². The molecular formula is C13H24O3. The lowest BCUT2D eigenvalue weighted by Gasteiger charge is -2.30. The van der Waals surface area contributed by atoms with E-state index in [1.54, 1.807) is 0 Å². The maximum absolute atomic E-state index is 11.5. The molecule has 0 saturated carbocycles. The van der Waals surface area contributed by atoms with Gasteiger partial charge in [-0.25, -0.2) is 0 Å². The van der Waals surface area contributed by atoms with Gasteiger partial charge in [-0.2, -0.15) is 0 Å². The molecule has 0 spiro atoms. The van der Waals surface area contributed by atoms with Crippen LogP contribution in [-0.2, 0) is 9.53 Å². The van der Waals surface area contributed by atoms with E-state index in [4.69, 9.17) is 4.74 Å². The minimum atomic E-state index is -0.640. The van der Waals surface area contributed by atoms with Crippen molar-refractivity contribution in [1.29, 1.82) is 0 Å². The molecule has 0 aromatic heterocycles. The molecule has 1 fully saturated rings. The van der Waals surface area contributed by atoms with Gasteiger partial charge in [0.2, 0.25) is 0 Å². The molecule has 0 aromatic carbocycles. The topological polar surface area (TPSA) is 46.5 Å². The van der Waals surface area contributed by atoms with Gasteiger partial charge in [0.05, 0.1) is 11.5 Å². The van der Waals surface area contributed by atoms with E-state index in [9.17, 15) is 9.90 Å². The first-order valence-electron chi connectivity index (χ1n) is 6.49. The number of carboxylic acids is 1. The van der Waals surface area contributed by atoms with E-state index in [0.29, 0.717) is 12.8 Å². The molecule has 0 aromatic rings. The van der Waals surface area contributed by atoms with Gasteiger partial charge < -0.3 is 9.84 Å². The Bertz CT molecular complexity index is 221. The molecule has 1 aliphatic rings. The van der Waals surface area contributed by atoms with E-state index in [1.807, 2.05) is 6.92 Å². The van der Waals surface area contributed by atoms with Gasteiger partial charge in [-0.15, -0.1) is 0 Å². The van der Waals surface area contributed by atoms with Crippen LogP contribution in [0.1, 0.15) is 58.8 Å². The summed E-state index contributed by atoms with van der Waals surface area (Å²) < 4.78 is 5.58. The number of rotatable bonds is 7. The Morgan fingerprint density at radius 1 is 1.50 bits per heavy atom. The van der Waals surface area contributed by atoms with Gasteiger partial charge in [0.25, 0.3) is 0 Å². The lowest BCUT2D eigenvalue weighted by molar-refractivity contribution is -0.152. The molecule has 0 aliphatic carbocycles. The van der Waals surface area contributed by atoms with E-state index < -0.39 is 11.4 Å². The van der Waals surface area contributed by atoms with Crippen molar-refractivity contribution in [2.45, 2.75) is 64.9 Å². The van der Waals surface area contributed by atoms with Crippen molar-refractivity contribution in [3.8, 4) is 0 Å². The number of carboxylic acid groups (broad SMARTS) is 1. The number of carbonyl (C=O) groups is 1. The van der Waals surface area contributed by atoms with Crippen molar-refractivity contribution in [1.82, 2.24) is 0 Å². The number of hydrogen-bond donors (Lipinski definition) is 1. The molecule has 1 aliphatic heterocycles. The van der Waals surface area contributed by atoms with Crippen molar-refractivity contribution in [2.24, 2.45) is 5.41 Å². The second kappa shape index (κ2) is 6.24. The molecular weight excluding hydrogens is 204 g/mol. The maximum atomic E-state index is 11.5. The second-order valence-electron chi connectivity index (χ2n) is 4.88. The van der Waals surface area contributed by atoms with Crippen molar-refractivity contribution >= 4 is 5.97 Å². The fourth-order valence-corrected chi connectivity index (χ4v) is 2.52. The van der Waals surface area contributed by atoms with Crippen molar-refractivity contribution in [3.63, 3.8) is 0 Å². The predicted octanol–water partition coefficient (Wildman–Crippen LogP) is 3.23. The van der Waals surface area contributed by atoms with Gasteiger partial charge in [-0.05, 0) is 32.1 Å². The Morgan fingerprint density at radius 2 is 2.25 bits per heavy atom. The predicted molar refractivity (Wildman–Crippen MR) is 63.5 cm³/mol. The van der Waals surface area contributed by atoms with E-state index in [2.05, 4.69) is 6.92 Å². The van der Waals surface area contributed by atoms with Crippen LogP contribution in [0, 0.1) is 5.41 Å². The fourth-order valence-electron chi connectivity index (χ4n) is 2.52. The molecule has 1 N–H and O–H groups in total. The van der Waals surface area contributed by atoms with Gasteiger partial charge in [0, 0.05) is 6.61 Å². The summed E-state index contributed by atoms with van der Waals surface area (Å²) in [7, 11) is 0. The van der Waals surface area contributed by atoms with Crippen LogP contribution in [0.5, 0.6) is 0 Å². The first-order chi connectivity index (χ1) is 7.64. The van der Waals surface area contributed by atoms with Gasteiger partial charge in [0.15, 0.2) is 0 Å². The van der Waals surface area contributed by atoms with Crippen LogP contribution < -0.4 is 0 Å². The van der Waals surface area contributed by atoms with Crippen molar-refractivity contribution < 1.29 is 14.6 Å². The first kappa shape index (κ1) is 13.5. The summed E-state index contributed by atoms with van der Waals surface area (Å²) in [6.07, 6.45) is 6.52. The van der Waals surface area contributed by atoms with Crippen molar-refractivity contribution in [3.05, 3.63) is 0 Å². The maximum Gasteiger partial charge on any atom is 0.309 e. The van der Waals surface area contributed by atoms with Crippen LogP contribution in [0.25, 0.3) is 0 Å².